The molecule has 0 radical (unpaired) electrons. The number of hydrogen-bond acceptors (Lipinski definition) is 2. The van der Waals surface area contributed by atoms with E-state index in [9.17, 15) is 9.59 Å². The van der Waals surface area contributed by atoms with Gasteiger partial charge in [-0.25, -0.2) is 0 Å². The summed E-state index contributed by atoms with van der Waals surface area (Å²) in [6.45, 7) is 2.19. The summed E-state index contributed by atoms with van der Waals surface area (Å²) in [7, 11) is 0. The normalized spacial score (nSPS) is 19.8. The highest BCUT2D eigenvalue weighted by Gasteiger charge is 2.35. The van der Waals surface area contributed by atoms with Crippen molar-refractivity contribution in [1.82, 2.24) is 0 Å². The van der Waals surface area contributed by atoms with E-state index >= 15 is 0 Å². The van der Waals surface area contributed by atoms with Crippen molar-refractivity contribution in [3.63, 3.8) is 0 Å². The van der Waals surface area contributed by atoms with Gasteiger partial charge in [-0.15, -0.1) is 0 Å². The van der Waals surface area contributed by atoms with Crippen LogP contribution >= 0.6 is 15.9 Å². The number of carboxylic acids is 1. The second-order valence-corrected chi connectivity index (χ2v) is 5.15. The van der Waals surface area contributed by atoms with Crippen molar-refractivity contribution >= 4 is 33.5 Å². The Hall–Kier alpha value is -1.36. The van der Waals surface area contributed by atoms with E-state index in [1.54, 1.807) is 0 Å². The van der Waals surface area contributed by atoms with Crippen LogP contribution in [-0.2, 0) is 9.59 Å². The first-order valence-corrected chi connectivity index (χ1v) is 6.07. The number of aryl methyl sites for hydroxylation is 1. The fourth-order valence-electron chi connectivity index (χ4n) is 2.00. The second kappa shape index (κ2) is 4.49. The van der Waals surface area contributed by atoms with Gasteiger partial charge >= 0.3 is 5.97 Å². The van der Waals surface area contributed by atoms with Gasteiger partial charge in [-0.3, -0.25) is 9.59 Å². The van der Waals surface area contributed by atoms with Crippen LogP contribution in [0.2, 0.25) is 0 Å². The zero-order valence-electron chi connectivity index (χ0n) is 9.31. The zero-order valence-corrected chi connectivity index (χ0v) is 10.9. The largest absolute Gasteiger partial charge is 0.481 e. The lowest BCUT2D eigenvalue weighted by Gasteiger charge is -2.17. The van der Waals surface area contributed by atoms with Gasteiger partial charge in [0.25, 0.3) is 0 Å². The summed E-state index contributed by atoms with van der Waals surface area (Å²) in [5.41, 5.74) is 1.78. The van der Waals surface area contributed by atoms with Crippen LogP contribution in [0.15, 0.2) is 22.7 Å². The minimum Gasteiger partial charge on any atom is -0.481 e. The molecule has 0 saturated carbocycles. The molecule has 1 heterocycles. The number of amides is 1. The van der Waals surface area contributed by atoms with Crippen molar-refractivity contribution in [3.8, 4) is 0 Å². The fraction of sp³-hybridized carbons (Fsp3) is 0.333. The Morgan fingerprint density at radius 3 is 2.71 bits per heavy atom. The lowest BCUT2D eigenvalue weighted by atomic mass is 10.1. The van der Waals surface area contributed by atoms with E-state index < -0.39 is 11.9 Å². The van der Waals surface area contributed by atoms with Crippen molar-refractivity contribution in [2.75, 3.05) is 11.4 Å². The molecule has 1 aliphatic rings. The number of hydrogen-bond donors (Lipinski definition) is 1. The molecule has 1 saturated heterocycles. The summed E-state index contributed by atoms with van der Waals surface area (Å²) < 4.78 is 0.888. The number of aliphatic carboxylic acids is 1. The molecule has 1 atom stereocenters. The number of halogens is 1. The van der Waals surface area contributed by atoms with Crippen molar-refractivity contribution in [1.29, 1.82) is 0 Å². The summed E-state index contributed by atoms with van der Waals surface area (Å²) in [5, 5.41) is 8.92. The topological polar surface area (TPSA) is 57.6 Å². The average Bonchev–Trinajstić information content (AvgIpc) is 2.59. The fourth-order valence-corrected chi connectivity index (χ4v) is 2.59. The van der Waals surface area contributed by atoms with Crippen LogP contribution in [-0.4, -0.2) is 23.5 Å². The van der Waals surface area contributed by atoms with E-state index in [1.165, 1.54) is 4.90 Å². The molecular formula is C12H12BrNO3. The van der Waals surface area contributed by atoms with Gasteiger partial charge in [-0.2, -0.15) is 0 Å². The third-order valence-electron chi connectivity index (χ3n) is 2.81. The van der Waals surface area contributed by atoms with Crippen molar-refractivity contribution < 1.29 is 14.7 Å². The standard InChI is InChI=1S/C12H12BrNO3/c1-7-2-9(13)5-10(3-7)14-6-8(12(16)17)4-11(14)15/h2-3,5,8H,4,6H2,1H3,(H,16,17). The molecule has 0 spiro atoms. The smallest absolute Gasteiger partial charge is 0.308 e. The minimum atomic E-state index is -0.910. The van der Waals surface area contributed by atoms with Gasteiger partial charge in [0.15, 0.2) is 0 Å². The van der Waals surface area contributed by atoms with E-state index in [1.807, 2.05) is 25.1 Å². The molecule has 1 unspecified atom stereocenters. The average molecular weight is 298 g/mol. The maximum Gasteiger partial charge on any atom is 0.308 e. The predicted molar refractivity (Wildman–Crippen MR) is 67.0 cm³/mol. The molecule has 0 bridgehead atoms. The third-order valence-corrected chi connectivity index (χ3v) is 3.27. The van der Waals surface area contributed by atoms with Crippen LogP contribution in [0.5, 0.6) is 0 Å². The quantitative estimate of drug-likeness (QED) is 0.910. The Bertz CT molecular complexity index is 466. The Morgan fingerprint density at radius 1 is 1.47 bits per heavy atom. The first-order chi connectivity index (χ1) is 7.97. The molecule has 1 aromatic rings. The number of anilines is 1. The van der Waals surface area contributed by atoms with Crippen molar-refractivity contribution in [3.05, 3.63) is 28.2 Å². The van der Waals surface area contributed by atoms with Gasteiger partial charge in [-0.1, -0.05) is 15.9 Å². The van der Waals surface area contributed by atoms with E-state index in [0.717, 1.165) is 15.7 Å². The first kappa shape index (κ1) is 12.1. The number of carboxylic acid groups (broad SMARTS) is 1. The molecular weight excluding hydrogens is 286 g/mol. The predicted octanol–water partition coefficient (Wildman–Crippen LogP) is 2.20. The van der Waals surface area contributed by atoms with Gasteiger partial charge < -0.3 is 10.0 Å². The highest BCUT2D eigenvalue weighted by molar-refractivity contribution is 9.10. The van der Waals surface area contributed by atoms with Crippen LogP contribution in [0.4, 0.5) is 5.69 Å². The van der Waals surface area contributed by atoms with Crippen LogP contribution in [0.3, 0.4) is 0 Å². The first-order valence-electron chi connectivity index (χ1n) is 5.28. The molecule has 1 fully saturated rings. The van der Waals surface area contributed by atoms with E-state index in [2.05, 4.69) is 15.9 Å². The molecule has 4 nitrogen and oxygen atoms in total. The lowest BCUT2D eigenvalue weighted by molar-refractivity contribution is -0.141. The number of rotatable bonds is 2. The highest BCUT2D eigenvalue weighted by Crippen LogP contribution is 2.28. The molecule has 1 aliphatic heterocycles. The van der Waals surface area contributed by atoms with Gasteiger partial charge in [-0.05, 0) is 30.7 Å². The van der Waals surface area contributed by atoms with E-state index in [0.29, 0.717) is 0 Å². The zero-order chi connectivity index (χ0) is 12.6. The minimum absolute atomic E-state index is 0.0842. The number of nitrogens with zero attached hydrogens (tertiary/aromatic N) is 1. The van der Waals surface area contributed by atoms with Gasteiger partial charge in [0.2, 0.25) is 5.91 Å². The Kier molecular flexibility index (Phi) is 3.19. The molecule has 5 heteroatoms. The molecule has 17 heavy (non-hydrogen) atoms. The number of carbonyl (C=O) groups is 2. The third kappa shape index (κ3) is 2.49. The maximum atomic E-state index is 11.8. The highest BCUT2D eigenvalue weighted by atomic mass is 79.9. The maximum absolute atomic E-state index is 11.8. The van der Waals surface area contributed by atoms with E-state index in [-0.39, 0.29) is 18.9 Å². The molecule has 2 rings (SSSR count). The summed E-state index contributed by atoms with van der Waals surface area (Å²) >= 11 is 3.37. The Balaban J connectivity index is 2.28. The molecule has 90 valence electrons. The molecule has 0 aromatic heterocycles. The van der Waals surface area contributed by atoms with Crippen molar-refractivity contribution in [2.24, 2.45) is 5.92 Å². The molecule has 1 aromatic carbocycles. The summed E-state index contributed by atoms with van der Waals surface area (Å²) in [6, 6.07) is 5.65. The van der Waals surface area contributed by atoms with Gasteiger partial charge in [0.05, 0.1) is 5.92 Å². The molecule has 0 aliphatic carbocycles. The Labute approximate surface area is 107 Å². The van der Waals surface area contributed by atoms with Crippen LogP contribution < -0.4 is 4.90 Å². The van der Waals surface area contributed by atoms with Gasteiger partial charge in [0.1, 0.15) is 0 Å². The van der Waals surface area contributed by atoms with Crippen molar-refractivity contribution in [2.45, 2.75) is 13.3 Å². The number of benzene rings is 1. The van der Waals surface area contributed by atoms with Crippen LogP contribution in [0.1, 0.15) is 12.0 Å². The van der Waals surface area contributed by atoms with Gasteiger partial charge in [0, 0.05) is 23.1 Å². The van der Waals surface area contributed by atoms with E-state index in [4.69, 9.17) is 5.11 Å². The lowest BCUT2D eigenvalue weighted by Crippen LogP contribution is -2.25. The monoisotopic (exact) mass is 297 g/mol. The Morgan fingerprint density at radius 2 is 2.18 bits per heavy atom. The summed E-state index contributed by atoms with van der Waals surface area (Å²) in [5.74, 6) is -1.63. The summed E-state index contributed by atoms with van der Waals surface area (Å²) in [4.78, 5) is 24.2. The second-order valence-electron chi connectivity index (χ2n) is 4.23. The van der Waals surface area contributed by atoms with Crippen LogP contribution in [0, 0.1) is 12.8 Å². The SMILES string of the molecule is Cc1cc(Br)cc(N2CC(C(=O)O)CC2=O)c1. The molecule has 1 N–H and O–H groups in total. The van der Waals surface area contributed by atoms with Crippen LogP contribution in [0.25, 0.3) is 0 Å². The number of carbonyl (C=O) groups excluding carboxylic acids is 1. The summed E-state index contributed by atoms with van der Waals surface area (Å²) in [6.07, 6.45) is 0.0842. The molecule has 1 amide bonds.